The minimum Gasteiger partial charge on any atom is -0.394 e. The van der Waals surface area contributed by atoms with Crippen LogP contribution in [0.25, 0.3) is 0 Å². The fourth-order valence-electron chi connectivity index (χ4n) is 3.39. The van der Waals surface area contributed by atoms with E-state index in [1.165, 1.54) is 0 Å². The lowest BCUT2D eigenvalue weighted by atomic mass is 10.1. The molecule has 0 aromatic carbocycles. The number of allylic oxidation sites excluding steroid dienone is 1. The lowest BCUT2D eigenvalue weighted by molar-refractivity contribution is -0.0235. The van der Waals surface area contributed by atoms with Gasteiger partial charge in [-0.1, -0.05) is 0 Å². The number of hydrogen-bond donors (Lipinski definition) is 2. The molecule has 0 bridgehead atoms. The van der Waals surface area contributed by atoms with Gasteiger partial charge in [-0.25, -0.2) is 4.98 Å². The van der Waals surface area contributed by atoms with Crippen LogP contribution >= 0.6 is 0 Å². The predicted octanol–water partition coefficient (Wildman–Crippen LogP) is 1.25. The summed E-state index contributed by atoms with van der Waals surface area (Å²) in [6, 6.07) is 0. The number of aliphatic hydroxyl groups excluding tert-OH is 1. The second-order valence-electron chi connectivity index (χ2n) is 6.04. The summed E-state index contributed by atoms with van der Waals surface area (Å²) < 4.78 is 7.83. The molecule has 0 radical (unpaired) electrons. The van der Waals surface area contributed by atoms with Gasteiger partial charge in [0, 0.05) is 12.4 Å². The van der Waals surface area contributed by atoms with Gasteiger partial charge in [0.15, 0.2) is 0 Å². The molecule has 0 saturated carbocycles. The topological polar surface area (TPSA) is 79.6 Å². The Morgan fingerprint density at radius 3 is 3.17 bits per heavy atom. The van der Waals surface area contributed by atoms with E-state index in [-0.39, 0.29) is 24.8 Å². The normalized spacial score (nSPS) is 29.2. The Balaban J connectivity index is 1.67. The largest absolute Gasteiger partial charge is 0.394 e. The monoisotopic (exact) mass is 316 g/mol. The van der Waals surface area contributed by atoms with Crippen molar-refractivity contribution < 1.29 is 14.6 Å². The number of nitrogens with zero attached hydrogens (tertiary/aromatic N) is 3. The van der Waals surface area contributed by atoms with Crippen LogP contribution in [0.3, 0.4) is 0 Å². The molecule has 122 valence electrons. The standard InChI is InChI=1S/C16H20N4O3/c21-9-11-5-6-14(23-11)20-10-18-15-12(20)3-1-2-4-13-17-7-8-19(13)16(15)22/h4,7-8,10-11,14,17,21H,1-3,5-6,9H2/b13-4+/t11-,14+/m0/s1. The third-order valence-electron chi connectivity index (χ3n) is 4.59. The number of rotatable bonds is 2. The van der Waals surface area contributed by atoms with Crippen molar-refractivity contribution in [1.82, 2.24) is 19.8 Å². The summed E-state index contributed by atoms with van der Waals surface area (Å²) in [5, 5.41) is 12.3. The van der Waals surface area contributed by atoms with Crippen LogP contribution in [-0.4, -0.2) is 38.2 Å². The zero-order chi connectivity index (χ0) is 15.8. The van der Waals surface area contributed by atoms with Crippen LogP contribution in [-0.2, 0) is 11.2 Å². The number of nitrogens with one attached hydrogen (secondary N) is 1. The van der Waals surface area contributed by atoms with Gasteiger partial charge in [-0.15, -0.1) is 0 Å². The van der Waals surface area contributed by atoms with Crippen molar-refractivity contribution >= 4 is 5.91 Å². The maximum absolute atomic E-state index is 12.8. The van der Waals surface area contributed by atoms with Gasteiger partial charge >= 0.3 is 0 Å². The number of aliphatic hydroxyl groups is 1. The first-order valence-corrected chi connectivity index (χ1v) is 8.07. The fourth-order valence-corrected chi connectivity index (χ4v) is 3.39. The molecule has 4 rings (SSSR count). The summed E-state index contributed by atoms with van der Waals surface area (Å²) in [6.07, 6.45) is 11.2. The number of amides is 1. The van der Waals surface area contributed by atoms with Gasteiger partial charge in [0.25, 0.3) is 5.91 Å². The van der Waals surface area contributed by atoms with E-state index in [0.717, 1.165) is 43.6 Å². The van der Waals surface area contributed by atoms with E-state index in [2.05, 4.69) is 10.3 Å². The molecular formula is C16H20N4O3. The number of fused-ring (bicyclic) bond motifs is 2. The molecule has 0 spiro atoms. The van der Waals surface area contributed by atoms with E-state index in [1.807, 2.05) is 10.6 Å². The highest BCUT2D eigenvalue weighted by Gasteiger charge is 2.32. The smallest absolute Gasteiger partial charge is 0.283 e. The number of carbonyl (C=O) groups excluding carboxylic acids is 1. The molecule has 3 aliphatic rings. The Labute approximate surface area is 134 Å². The van der Waals surface area contributed by atoms with Gasteiger partial charge in [0.05, 0.1) is 24.7 Å². The van der Waals surface area contributed by atoms with E-state index in [9.17, 15) is 9.90 Å². The average molecular weight is 316 g/mol. The third-order valence-corrected chi connectivity index (χ3v) is 4.59. The Hall–Kier alpha value is -2.12. The van der Waals surface area contributed by atoms with Crippen molar-refractivity contribution in [2.75, 3.05) is 6.61 Å². The van der Waals surface area contributed by atoms with Crippen LogP contribution in [0, 0.1) is 0 Å². The quantitative estimate of drug-likeness (QED) is 0.858. The van der Waals surface area contributed by atoms with Crippen LogP contribution in [0.15, 0.2) is 30.6 Å². The molecule has 7 nitrogen and oxygen atoms in total. The molecule has 2 atom stereocenters. The molecule has 1 fully saturated rings. The van der Waals surface area contributed by atoms with E-state index >= 15 is 0 Å². The van der Waals surface area contributed by atoms with E-state index in [4.69, 9.17) is 4.74 Å². The number of hydrogen-bond acceptors (Lipinski definition) is 5. The summed E-state index contributed by atoms with van der Waals surface area (Å²) in [4.78, 5) is 18.8. The second kappa shape index (κ2) is 5.82. The predicted molar refractivity (Wildman–Crippen MR) is 81.9 cm³/mol. The molecule has 1 saturated heterocycles. The second-order valence-corrected chi connectivity index (χ2v) is 6.04. The Morgan fingerprint density at radius 1 is 1.43 bits per heavy atom. The molecule has 3 aliphatic heterocycles. The van der Waals surface area contributed by atoms with E-state index in [1.54, 1.807) is 23.6 Å². The molecule has 1 aromatic heterocycles. The van der Waals surface area contributed by atoms with Crippen molar-refractivity contribution in [3.05, 3.63) is 42.0 Å². The summed E-state index contributed by atoms with van der Waals surface area (Å²) in [5.41, 5.74) is 1.41. The van der Waals surface area contributed by atoms with Crippen LogP contribution in [0.4, 0.5) is 0 Å². The van der Waals surface area contributed by atoms with Gasteiger partial charge < -0.3 is 19.7 Å². The first-order chi connectivity index (χ1) is 11.3. The summed E-state index contributed by atoms with van der Waals surface area (Å²) >= 11 is 0. The number of ether oxygens (including phenoxy) is 1. The summed E-state index contributed by atoms with van der Waals surface area (Å²) in [5.74, 6) is 0.680. The number of aromatic nitrogens is 2. The first kappa shape index (κ1) is 14.5. The number of carbonyl (C=O) groups is 1. The molecule has 2 N–H and O–H groups in total. The van der Waals surface area contributed by atoms with Crippen molar-refractivity contribution in [3.63, 3.8) is 0 Å². The van der Waals surface area contributed by atoms with Gasteiger partial charge in [-0.3, -0.25) is 9.69 Å². The highest BCUT2D eigenvalue weighted by molar-refractivity contribution is 5.95. The zero-order valence-corrected chi connectivity index (χ0v) is 12.8. The van der Waals surface area contributed by atoms with Crippen LogP contribution in [0.1, 0.15) is 48.1 Å². The lowest BCUT2D eigenvalue weighted by Gasteiger charge is -2.18. The summed E-state index contributed by atoms with van der Waals surface area (Å²) in [6.45, 7) is 0.0316. The van der Waals surface area contributed by atoms with Crippen molar-refractivity contribution in [2.24, 2.45) is 0 Å². The first-order valence-electron chi connectivity index (χ1n) is 8.07. The Kier molecular flexibility index (Phi) is 3.66. The average Bonchev–Trinajstić information content (AvgIpc) is 3.27. The van der Waals surface area contributed by atoms with E-state index < -0.39 is 0 Å². The minimum absolute atomic E-state index is 0.0316. The molecule has 23 heavy (non-hydrogen) atoms. The highest BCUT2D eigenvalue weighted by atomic mass is 16.5. The lowest BCUT2D eigenvalue weighted by Crippen LogP contribution is -2.27. The van der Waals surface area contributed by atoms with Gasteiger partial charge in [0.2, 0.25) is 0 Å². The van der Waals surface area contributed by atoms with Crippen LogP contribution < -0.4 is 5.32 Å². The molecule has 4 heterocycles. The van der Waals surface area contributed by atoms with Gasteiger partial charge in [0.1, 0.15) is 17.7 Å². The molecule has 7 heteroatoms. The van der Waals surface area contributed by atoms with Crippen molar-refractivity contribution in [1.29, 1.82) is 0 Å². The molecule has 1 amide bonds. The van der Waals surface area contributed by atoms with Crippen molar-refractivity contribution in [3.8, 4) is 0 Å². The van der Waals surface area contributed by atoms with Gasteiger partial charge in [-0.05, 0) is 38.2 Å². The fraction of sp³-hybridized carbons (Fsp3) is 0.500. The summed E-state index contributed by atoms with van der Waals surface area (Å²) in [7, 11) is 0. The minimum atomic E-state index is -0.142. The molecule has 0 unspecified atom stereocenters. The molecular weight excluding hydrogens is 296 g/mol. The van der Waals surface area contributed by atoms with Crippen molar-refractivity contribution in [2.45, 2.75) is 44.4 Å². The zero-order valence-electron chi connectivity index (χ0n) is 12.8. The third kappa shape index (κ3) is 2.46. The SMILES string of the molecule is O=C1c2ncn([C@H]3CC[C@@H](CO)O3)c2CCC/C=C2\NC=CN12. The maximum atomic E-state index is 12.8. The Morgan fingerprint density at radius 2 is 2.35 bits per heavy atom. The Bertz CT molecular complexity index is 679. The number of imidazole rings is 1. The highest BCUT2D eigenvalue weighted by Crippen LogP contribution is 2.31. The molecule has 0 aliphatic carbocycles. The molecule has 1 aromatic rings. The van der Waals surface area contributed by atoms with E-state index in [0.29, 0.717) is 5.69 Å². The van der Waals surface area contributed by atoms with Gasteiger partial charge in [-0.2, -0.15) is 0 Å². The van der Waals surface area contributed by atoms with Crippen LogP contribution in [0.5, 0.6) is 0 Å². The van der Waals surface area contributed by atoms with Crippen LogP contribution in [0.2, 0.25) is 0 Å². The maximum Gasteiger partial charge on any atom is 0.283 e.